The van der Waals surface area contributed by atoms with Gasteiger partial charge in [-0.1, -0.05) is 63.1 Å². The Morgan fingerprint density at radius 2 is 2.00 bits per heavy atom. The van der Waals surface area contributed by atoms with E-state index in [9.17, 15) is 14.6 Å². The molecule has 2 heterocycles. The van der Waals surface area contributed by atoms with E-state index in [0.717, 1.165) is 24.8 Å². The van der Waals surface area contributed by atoms with Crippen molar-refractivity contribution in [3.63, 3.8) is 0 Å². The second kappa shape index (κ2) is 12.1. The van der Waals surface area contributed by atoms with Crippen molar-refractivity contribution >= 4 is 12.2 Å². The number of pyridine rings is 1. The van der Waals surface area contributed by atoms with Crippen LogP contribution in [0, 0.1) is 18.7 Å². The number of hydrogen-bond acceptors (Lipinski definition) is 5. The van der Waals surface area contributed by atoms with Crippen LogP contribution in [0.25, 0.3) is 23.4 Å². The molecule has 1 saturated heterocycles. The number of allylic oxidation sites excluding steroid dienone is 1. The Bertz CT molecular complexity index is 1070. The van der Waals surface area contributed by atoms with Gasteiger partial charge in [0.05, 0.1) is 35.9 Å². The van der Waals surface area contributed by atoms with E-state index in [2.05, 4.69) is 11.9 Å². The van der Waals surface area contributed by atoms with Gasteiger partial charge in [-0.05, 0) is 51.3 Å². The highest BCUT2D eigenvalue weighted by Crippen LogP contribution is 2.30. The zero-order chi connectivity index (χ0) is 26.5. The molecule has 0 saturated carbocycles. The van der Waals surface area contributed by atoms with E-state index >= 15 is 0 Å². The van der Waals surface area contributed by atoms with E-state index in [1.807, 2.05) is 57.2 Å². The summed E-state index contributed by atoms with van der Waals surface area (Å²) in [5, 5.41) is 20.3. The molecule has 0 amide bonds. The summed E-state index contributed by atoms with van der Waals surface area (Å²) in [5.74, 6) is 0.339. The van der Waals surface area contributed by atoms with Crippen LogP contribution in [0.2, 0.25) is 0 Å². The fourth-order valence-electron chi connectivity index (χ4n) is 4.36. The van der Waals surface area contributed by atoms with Crippen LogP contribution in [-0.4, -0.2) is 45.7 Å². The van der Waals surface area contributed by atoms with Gasteiger partial charge in [0.25, 0.3) is 0 Å². The van der Waals surface area contributed by atoms with Crippen molar-refractivity contribution in [1.82, 2.24) is 4.98 Å². The highest BCUT2D eigenvalue weighted by atomic mass is 19.1. The van der Waals surface area contributed by atoms with Gasteiger partial charge in [0.2, 0.25) is 0 Å². The first kappa shape index (κ1) is 28.0. The van der Waals surface area contributed by atoms with Gasteiger partial charge < -0.3 is 19.7 Å². The number of aliphatic hydroxyl groups excluding tert-OH is 1. The lowest BCUT2D eigenvalue weighted by molar-refractivity contribution is -0.0208. The number of benzene rings is 1. The number of halogens is 1. The molecular weight excluding hydrogens is 457 g/mol. The summed E-state index contributed by atoms with van der Waals surface area (Å²) >= 11 is 0. The maximum atomic E-state index is 14.8. The molecule has 196 valence electrons. The van der Waals surface area contributed by atoms with Crippen LogP contribution in [-0.2, 0) is 9.47 Å². The van der Waals surface area contributed by atoms with E-state index in [4.69, 9.17) is 9.47 Å². The second-order valence-corrected chi connectivity index (χ2v) is 10.4. The summed E-state index contributed by atoms with van der Waals surface area (Å²) in [6, 6.07) is 8.88. The molecule has 1 aliphatic heterocycles. The van der Waals surface area contributed by atoms with Gasteiger partial charge in [0.15, 0.2) is 0 Å². The quantitative estimate of drug-likeness (QED) is 0.376. The SMILES string of the molecule is CCCCC(O)[C@H]1OCC(O/C(C)=C/c2nc(-c3ccc(/C=C/C(C)(C)O)cc3)c(F)cc2C)[C@H]1C. The lowest BCUT2D eigenvalue weighted by atomic mass is 9.94. The smallest absolute Gasteiger partial charge is 0.149 e. The van der Waals surface area contributed by atoms with Crippen molar-refractivity contribution in [1.29, 1.82) is 0 Å². The summed E-state index contributed by atoms with van der Waals surface area (Å²) in [4.78, 5) is 4.61. The Balaban J connectivity index is 1.75. The van der Waals surface area contributed by atoms with E-state index in [0.29, 0.717) is 29.2 Å². The molecule has 3 rings (SSSR count). The standard InChI is InChI=1S/C30H40FNO4/c1-7-8-9-26(33)29-21(4)27(18-35-29)36-20(3)17-25-19(2)16-24(31)28(32-25)23-12-10-22(11-13-23)14-15-30(5,6)34/h10-17,21,26-27,29,33-34H,7-9,18H2,1-6H3/b15-14+,20-17+/t21-,26?,27?,29+/m1/s1. The number of ether oxygens (including phenoxy) is 2. The van der Waals surface area contributed by atoms with Gasteiger partial charge in [-0.2, -0.15) is 0 Å². The van der Waals surface area contributed by atoms with Crippen LogP contribution < -0.4 is 0 Å². The minimum Gasteiger partial charge on any atom is -0.492 e. The fourth-order valence-corrected chi connectivity index (χ4v) is 4.36. The van der Waals surface area contributed by atoms with Gasteiger partial charge in [-0.3, -0.25) is 0 Å². The predicted molar refractivity (Wildman–Crippen MR) is 143 cm³/mol. The lowest BCUT2D eigenvalue weighted by Gasteiger charge is -2.23. The molecule has 2 N–H and O–H groups in total. The Kier molecular flexibility index (Phi) is 9.45. The van der Waals surface area contributed by atoms with Crippen molar-refractivity contribution in [2.45, 2.75) is 84.7 Å². The van der Waals surface area contributed by atoms with E-state index in [1.54, 1.807) is 19.9 Å². The van der Waals surface area contributed by atoms with Gasteiger partial charge in [0.1, 0.15) is 17.6 Å². The van der Waals surface area contributed by atoms with Crippen LogP contribution in [0.1, 0.15) is 70.7 Å². The average molecular weight is 498 g/mol. The first-order valence-electron chi connectivity index (χ1n) is 12.8. The van der Waals surface area contributed by atoms with Crippen molar-refractivity contribution in [3.8, 4) is 11.3 Å². The summed E-state index contributed by atoms with van der Waals surface area (Å²) in [5.41, 5.74) is 2.30. The molecule has 4 atom stereocenters. The van der Waals surface area contributed by atoms with Crippen molar-refractivity contribution in [2.75, 3.05) is 6.61 Å². The minimum absolute atomic E-state index is 0.0574. The minimum atomic E-state index is -0.900. The summed E-state index contributed by atoms with van der Waals surface area (Å²) in [7, 11) is 0. The molecule has 1 fully saturated rings. The maximum Gasteiger partial charge on any atom is 0.149 e. The zero-order valence-corrected chi connectivity index (χ0v) is 22.3. The Morgan fingerprint density at radius 1 is 1.31 bits per heavy atom. The molecule has 5 nitrogen and oxygen atoms in total. The monoisotopic (exact) mass is 497 g/mol. The van der Waals surface area contributed by atoms with Crippen LogP contribution >= 0.6 is 0 Å². The number of rotatable bonds is 10. The number of aliphatic hydroxyl groups is 2. The predicted octanol–water partition coefficient (Wildman–Crippen LogP) is 6.31. The first-order valence-corrected chi connectivity index (χ1v) is 12.8. The zero-order valence-electron chi connectivity index (χ0n) is 22.3. The largest absolute Gasteiger partial charge is 0.492 e. The van der Waals surface area contributed by atoms with Crippen molar-refractivity contribution in [2.24, 2.45) is 5.92 Å². The highest BCUT2D eigenvalue weighted by Gasteiger charge is 2.39. The topological polar surface area (TPSA) is 71.8 Å². The van der Waals surface area contributed by atoms with E-state index in [1.165, 1.54) is 6.07 Å². The molecule has 1 aromatic heterocycles. The van der Waals surface area contributed by atoms with Gasteiger partial charge in [-0.15, -0.1) is 0 Å². The summed E-state index contributed by atoms with van der Waals surface area (Å²) < 4.78 is 26.9. The van der Waals surface area contributed by atoms with Crippen LogP contribution in [0.3, 0.4) is 0 Å². The van der Waals surface area contributed by atoms with Gasteiger partial charge in [-0.25, -0.2) is 9.37 Å². The van der Waals surface area contributed by atoms with E-state index in [-0.39, 0.29) is 29.6 Å². The highest BCUT2D eigenvalue weighted by molar-refractivity contribution is 5.65. The molecular formula is C30H40FNO4. The normalized spacial score (nSPS) is 21.8. The Morgan fingerprint density at radius 3 is 2.64 bits per heavy atom. The summed E-state index contributed by atoms with van der Waals surface area (Å²) in [6.07, 6.45) is 7.23. The molecule has 1 aliphatic rings. The van der Waals surface area contributed by atoms with Crippen molar-refractivity contribution in [3.05, 3.63) is 64.8 Å². The third-order valence-electron chi connectivity index (χ3n) is 6.54. The maximum absolute atomic E-state index is 14.8. The first-order chi connectivity index (χ1) is 17.0. The molecule has 0 bridgehead atoms. The number of aryl methyl sites for hydroxylation is 1. The molecule has 2 unspecified atom stereocenters. The Labute approximate surface area is 214 Å². The second-order valence-electron chi connectivity index (χ2n) is 10.4. The van der Waals surface area contributed by atoms with Crippen LogP contribution in [0.5, 0.6) is 0 Å². The average Bonchev–Trinajstić information content (AvgIpc) is 3.17. The lowest BCUT2D eigenvalue weighted by Crippen LogP contribution is -2.33. The molecule has 0 radical (unpaired) electrons. The number of aromatic nitrogens is 1. The van der Waals surface area contributed by atoms with Gasteiger partial charge in [0, 0.05) is 17.6 Å². The third-order valence-corrected chi connectivity index (χ3v) is 6.54. The molecule has 0 aliphatic carbocycles. The molecule has 36 heavy (non-hydrogen) atoms. The third kappa shape index (κ3) is 7.48. The fraction of sp³-hybridized carbons (Fsp3) is 0.500. The number of nitrogens with zero attached hydrogens (tertiary/aromatic N) is 1. The van der Waals surface area contributed by atoms with Crippen LogP contribution in [0.15, 0.2) is 42.2 Å². The molecule has 1 aromatic carbocycles. The number of hydrogen-bond donors (Lipinski definition) is 2. The van der Waals surface area contributed by atoms with E-state index < -0.39 is 11.7 Å². The van der Waals surface area contributed by atoms with Crippen molar-refractivity contribution < 1.29 is 24.1 Å². The van der Waals surface area contributed by atoms with Gasteiger partial charge >= 0.3 is 0 Å². The van der Waals surface area contributed by atoms with Crippen LogP contribution in [0.4, 0.5) is 4.39 Å². The molecule has 2 aromatic rings. The Hall–Kier alpha value is -2.54. The molecule has 6 heteroatoms. The number of unbranched alkanes of at least 4 members (excludes halogenated alkanes) is 1. The summed E-state index contributed by atoms with van der Waals surface area (Å²) in [6.45, 7) is 11.7. The molecule has 0 spiro atoms.